The number of hydrogen-bond acceptors (Lipinski definition) is 2. The minimum atomic E-state index is -0.230. The van der Waals surface area contributed by atoms with Crippen molar-refractivity contribution in [3.63, 3.8) is 0 Å². The highest BCUT2D eigenvalue weighted by Crippen LogP contribution is 2.36. The van der Waals surface area contributed by atoms with Gasteiger partial charge in [-0.05, 0) is 55.5 Å². The average Bonchev–Trinajstić information content (AvgIpc) is 2.52. The molecule has 0 spiro atoms. The van der Waals surface area contributed by atoms with Gasteiger partial charge in [0.25, 0.3) is 0 Å². The zero-order chi connectivity index (χ0) is 16.8. The van der Waals surface area contributed by atoms with Crippen molar-refractivity contribution in [3.05, 3.63) is 42.0 Å². The predicted molar refractivity (Wildman–Crippen MR) is 98.2 cm³/mol. The third-order valence-electron chi connectivity index (χ3n) is 4.30. The molecule has 2 aromatic carbocycles. The van der Waals surface area contributed by atoms with Gasteiger partial charge in [0.15, 0.2) is 6.29 Å². The molecule has 0 aliphatic carbocycles. The molecule has 2 atom stereocenters. The van der Waals surface area contributed by atoms with E-state index in [2.05, 4.69) is 51.1 Å². The molecule has 23 heavy (non-hydrogen) atoms. The van der Waals surface area contributed by atoms with Crippen molar-refractivity contribution < 1.29 is 9.47 Å². The fourth-order valence-electron chi connectivity index (χ4n) is 3.29. The van der Waals surface area contributed by atoms with E-state index in [-0.39, 0.29) is 6.29 Å². The van der Waals surface area contributed by atoms with Crippen LogP contribution in [0.4, 0.5) is 0 Å². The normalized spacial score (nSPS) is 14.2. The predicted octanol–water partition coefficient (Wildman–Crippen LogP) is 6.14. The second-order valence-corrected chi connectivity index (χ2v) is 6.57. The third-order valence-corrected chi connectivity index (χ3v) is 4.30. The van der Waals surface area contributed by atoms with Gasteiger partial charge in [-0.15, -0.1) is 0 Å². The van der Waals surface area contributed by atoms with Gasteiger partial charge in [-0.1, -0.05) is 51.1 Å². The molecule has 0 saturated carbocycles. The van der Waals surface area contributed by atoms with Crippen LogP contribution in [-0.4, -0.2) is 12.9 Å². The molecule has 0 heterocycles. The first kappa shape index (κ1) is 17.8. The van der Waals surface area contributed by atoms with Crippen LogP contribution in [0.15, 0.2) is 36.4 Å². The molecule has 0 fully saturated rings. The van der Waals surface area contributed by atoms with E-state index in [1.165, 1.54) is 22.8 Å². The van der Waals surface area contributed by atoms with Crippen molar-refractivity contribution in [2.24, 2.45) is 5.92 Å². The molecule has 0 radical (unpaired) electrons. The summed E-state index contributed by atoms with van der Waals surface area (Å²) >= 11 is 0. The van der Waals surface area contributed by atoms with Gasteiger partial charge in [0, 0.05) is 12.0 Å². The van der Waals surface area contributed by atoms with Crippen LogP contribution in [0.1, 0.15) is 58.9 Å². The average molecular weight is 314 g/mol. The summed E-state index contributed by atoms with van der Waals surface area (Å²) in [5.41, 5.74) is 1.44. The Balaban J connectivity index is 2.41. The lowest BCUT2D eigenvalue weighted by Gasteiger charge is -2.21. The highest BCUT2D eigenvalue weighted by Gasteiger charge is 2.16. The maximum Gasteiger partial charge on any atom is 0.196 e. The summed E-state index contributed by atoms with van der Waals surface area (Å²) in [6.45, 7) is 11.5. The van der Waals surface area contributed by atoms with Gasteiger partial charge in [-0.3, -0.25) is 0 Å². The number of fused-ring (bicyclic) bond motifs is 1. The van der Waals surface area contributed by atoms with Crippen LogP contribution in [0.25, 0.3) is 10.8 Å². The molecule has 126 valence electrons. The Bertz CT molecular complexity index is 618. The lowest BCUT2D eigenvalue weighted by Crippen LogP contribution is -2.16. The Kier molecular flexibility index (Phi) is 6.47. The smallest absolute Gasteiger partial charge is 0.196 e. The van der Waals surface area contributed by atoms with Crippen LogP contribution >= 0.6 is 0 Å². The molecule has 0 aromatic heterocycles. The van der Waals surface area contributed by atoms with Gasteiger partial charge >= 0.3 is 0 Å². The SMILES string of the molecule is CCOC(C)Oc1cccc2c(C(CC)CC(C)C)cccc12. The molecule has 2 rings (SSSR count). The summed E-state index contributed by atoms with van der Waals surface area (Å²) in [6.07, 6.45) is 2.15. The molecule has 0 saturated heterocycles. The third kappa shape index (κ3) is 4.48. The molecular formula is C21H30O2. The summed E-state index contributed by atoms with van der Waals surface area (Å²) in [6, 6.07) is 12.9. The Morgan fingerprint density at radius 3 is 2.26 bits per heavy atom. The molecule has 2 heteroatoms. The van der Waals surface area contributed by atoms with Crippen LogP contribution in [0.2, 0.25) is 0 Å². The van der Waals surface area contributed by atoms with Gasteiger partial charge in [0.1, 0.15) is 5.75 Å². The fourth-order valence-corrected chi connectivity index (χ4v) is 3.29. The van der Waals surface area contributed by atoms with E-state index in [1.54, 1.807) is 0 Å². The fraction of sp³-hybridized carbons (Fsp3) is 0.524. The molecule has 0 N–H and O–H groups in total. The molecule has 2 nitrogen and oxygen atoms in total. The second-order valence-electron chi connectivity index (χ2n) is 6.57. The van der Waals surface area contributed by atoms with Gasteiger partial charge < -0.3 is 9.47 Å². The molecule has 0 aliphatic rings. The maximum atomic E-state index is 6.00. The van der Waals surface area contributed by atoms with Crippen LogP contribution in [0.3, 0.4) is 0 Å². The van der Waals surface area contributed by atoms with Crippen molar-refractivity contribution in [2.45, 2.75) is 59.7 Å². The summed E-state index contributed by atoms with van der Waals surface area (Å²) in [5.74, 6) is 2.20. The summed E-state index contributed by atoms with van der Waals surface area (Å²) in [7, 11) is 0. The Morgan fingerprint density at radius 2 is 1.61 bits per heavy atom. The first-order chi connectivity index (χ1) is 11.1. The van der Waals surface area contributed by atoms with Crippen molar-refractivity contribution in [1.29, 1.82) is 0 Å². The number of ether oxygens (including phenoxy) is 2. The first-order valence-electron chi connectivity index (χ1n) is 8.86. The molecule has 2 aromatic rings. The van der Waals surface area contributed by atoms with Gasteiger partial charge in [0.05, 0.1) is 0 Å². The van der Waals surface area contributed by atoms with Crippen molar-refractivity contribution in [2.75, 3.05) is 6.61 Å². The topological polar surface area (TPSA) is 18.5 Å². The molecule has 0 bridgehead atoms. The standard InChI is InChI=1S/C21H30O2/c1-6-17(14-15(3)4)18-10-8-12-20-19(18)11-9-13-21(20)23-16(5)22-7-2/h8-13,15-17H,6-7,14H2,1-5H3. The zero-order valence-electron chi connectivity index (χ0n) is 15.1. The zero-order valence-corrected chi connectivity index (χ0v) is 15.1. The van der Waals surface area contributed by atoms with E-state index in [9.17, 15) is 0 Å². The Hall–Kier alpha value is -1.54. The lowest BCUT2D eigenvalue weighted by molar-refractivity contribution is -0.0605. The van der Waals surface area contributed by atoms with Crippen LogP contribution < -0.4 is 4.74 Å². The highest BCUT2D eigenvalue weighted by molar-refractivity contribution is 5.91. The number of rotatable bonds is 8. The minimum Gasteiger partial charge on any atom is -0.465 e. The number of benzene rings is 2. The monoisotopic (exact) mass is 314 g/mol. The quantitative estimate of drug-likeness (QED) is 0.545. The van der Waals surface area contributed by atoms with Crippen LogP contribution in [0, 0.1) is 5.92 Å². The van der Waals surface area contributed by atoms with Crippen LogP contribution in [0.5, 0.6) is 5.75 Å². The molecular weight excluding hydrogens is 284 g/mol. The van der Waals surface area contributed by atoms with E-state index in [0.29, 0.717) is 18.4 Å². The molecule has 0 amide bonds. The minimum absolute atomic E-state index is 0.230. The second kappa shape index (κ2) is 8.35. The highest BCUT2D eigenvalue weighted by atomic mass is 16.7. The lowest BCUT2D eigenvalue weighted by atomic mass is 9.85. The van der Waals surface area contributed by atoms with E-state index >= 15 is 0 Å². The molecule has 2 unspecified atom stereocenters. The first-order valence-corrected chi connectivity index (χ1v) is 8.86. The molecule has 0 aliphatic heterocycles. The van der Waals surface area contributed by atoms with E-state index in [4.69, 9.17) is 9.47 Å². The van der Waals surface area contributed by atoms with Gasteiger partial charge in [0.2, 0.25) is 0 Å². The van der Waals surface area contributed by atoms with Gasteiger partial charge in [-0.2, -0.15) is 0 Å². The maximum absolute atomic E-state index is 6.00. The van der Waals surface area contributed by atoms with Crippen molar-refractivity contribution >= 4 is 10.8 Å². The Morgan fingerprint density at radius 1 is 0.913 bits per heavy atom. The summed E-state index contributed by atoms with van der Waals surface area (Å²) in [5, 5.41) is 2.49. The summed E-state index contributed by atoms with van der Waals surface area (Å²) in [4.78, 5) is 0. The van der Waals surface area contributed by atoms with Gasteiger partial charge in [-0.25, -0.2) is 0 Å². The summed E-state index contributed by atoms with van der Waals surface area (Å²) < 4.78 is 11.5. The van der Waals surface area contributed by atoms with Crippen LogP contribution in [-0.2, 0) is 4.74 Å². The largest absolute Gasteiger partial charge is 0.465 e. The van der Waals surface area contributed by atoms with E-state index in [1.807, 2.05) is 19.9 Å². The number of hydrogen-bond donors (Lipinski definition) is 0. The van der Waals surface area contributed by atoms with Crippen molar-refractivity contribution in [3.8, 4) is 5.75 Å². The Labute approximate surface area is 140 Å². The van der Waals surface area contributed by atoms with E-state index in [0.717, 1.165) is 12.2 Å². The van der Waals surface area contributed by atoms with E-state index < -0.39 is 0 Å². The van der Waals surface area contributed by atoms with Crippen molar-refractivity contribution in [1.82, 2.24) is 0 Å².